The second-order valence-corrected chi connectivity index (χ2v) is 6.94. The number of hydrogen-bond acceptors (Lipinski definition) is 4. The van der Waals surface area contributed by atoms with Crippen molar-refractivity contribution in [2.75, 3.05) is 44.2 Å². The van der Waals surface area contributed by atoms with E-state index in [0.29, 0.717) is 11.5 Å². The number of nitrogens with zero attached hydrogens (tertiary/aromatic N) is 1. The predicted octanol–water partition coefficient (Wildman–Crippen LogP) is -0.284. The zero-order valence-electron chi connectivity index (χ0n) is 9.11. The summed E-state index contributed by atoms with van der Waals surface area (Å²) in [5.41, 5.74) is 0. The lowest BCUT2D eigenvalue weighted by Crippen LogP contribution is -2.41. The maximum atomic E-state index is 11.2. The van der Waals surface area contributed by atoms with Crippen LogP contribution in [-0.2, 0) is 9.84 Å². The lowest BCUT2D eigenvalue weighted by Gasteiger charge is -2.27. The van der Waals surface area contributed by atoms with E-state index in [1.54, 1.807) is 0 Å². The molecule has 0 saturated carbocycles. The predicted molar refractivity (Wildman–Crippen MR) is 60.7 cm³/mol. The van der Waals surface area contributed by atoms with Crippen molar-refractivity contribution in [2.45, 2.75) is 12.8 Å². The molecule has 88 valence electrons. The molecule has 0 amide bonds. The number of nitrogens with one attached hydrogen (secondary N) is 1. The summed E-state index contributed by atoms with van der Waals surface area (Å²) in [5.74, 6) is 1.52. The molecule has 2 heterocycles. The summed E-state index contributed by atoms with van der Waals surface area (Å²) in [6.45, 7) is 4.85. The fourth-order valence-corrected chi connectivity index (χ4v) is 3.58. The summed E-state index contributed by atoms with van der Waals surface area (Å²) < 4.78 is 22.4. The average molecular weight is 232 g/mol. The molecule has 2 saturated heterocycles. The molecule has 0 bridgehead atoms. The van der Waals surface area contributed by atoms with Crippen molar-refractivity contribution < 1.29 is 8.42 Å². The van der Waals surface area contributed by atoms with Crippen LogP contribution in [0.1, 0.15) is 12.8 Å². The Labute approximate surface area is 91.9 Å². The van der Waals surface area contributed by atoms with Gasteiger partial charge >= 0.3 is 0 Å². The molecule has 1 atom stereocenters. The fourth-order valence-electron chi connectivity index (χ4n) is 2.30. The van der Waals surface area contributed by atoms with Gasteiger partial charge in [-0.2, -0.15) is 0 Å². The van der Waals surface area contributed by atoms with E-state index in [1.165, 1.54) is 12.8 Å². The molecule has 15 heavy (non-hydrogen) atoms. The Kier molecular flexibility index (Phi) is 3.64. The topological polar surface area (TPSA) is 49.4 Å². The van der Waals surface area contributed by atoms with Crippen LogP contribution in [0.15, 0.2) is 0 Å². The third kappa shape index (κ3) is 3.43. The van der Waals surface area contributed by atoms with Crippen LogP contribution >= 0.6 is 0 Å². The zero-order valence-corrected chi connectivity index (χ0v) is 9.93. The fraction of sp³-hybridized carbons (Fsp3) is 1.00. The largest absolute Gasteiger partial charge is 0.316 e. The Bertz CT molecular complexity index is 283. The maximum absolute atomic E-state index is 11.2. The molecule has 0 aromatic rings. The van der Waals surface area contributed by atoms with Gasteiger partial charge in [0.05, 0.1) is 11.5 Å². The minimum Gasteiger partial charge on any atom is -0.316 e. The molecular formula is C10H20N2O2S. The highest BCUT2D eigenvalue weighted by molar-refractivity contribution is 7.91. The van der Waals surface area contributed by atoms with E-state index >= 15 is 0 Å². The van der Waals surface area contributed by atoms with Crippen molar-refractivity contribution in [1.82, 2.24) is 10.2 Å². The molecular weight excluding hydrogens is 212 g/mol. The van der Waals surface area contributed by atoms with Crippen LogP contribution in [0.4, 0.5) is 0 Å². The van der Waals surface area contributed by atoms with Crippen LogP contribution in [0.3, 0.4) is 0 Å². The molecule has 0 radical (unpaired) electrons. The van der Waals surface area contributed by atoms with Gasteiger partial charge in [0, 0.05) is 13.1 Å². The van der Waals surface area contributed by atoms with E-state index in [-0.39, 0.29) is 0 Å². The zero-order chi connectivity index (χ0) is 10.7. The van der Waals surface area contributed by atoms with Crippen LogP contribution in [0.5, 0.6) is 0 Å². The van der Waals surface area contributed by atoms with E-state index < -0.39 is 9.84 Å². The lowest BCUT2D eigenvalue weighted by atomic mass is 10.1. The Morgan fingerprint density at radius 3 is 2.60 bits per heavy atom. The second-order valence-electron chi connectivity index (χ2n) is 4.64. The van der Waals surface area contributed by atoms with Crippen LogP contribution in [0.25, 0.3) is 0 Å². The summed E-state index contributed by atoms with van der Waals surface area (Å²) in [4.78, 5) is 2.29. The standard InChI is InChI=1S/C10H20N2O2S/c13-15(14)7-5-12(6-8-15)4-2-10-1-3-11-9-10/h10-11H,1-9H2. The van der Waals surface area contributed by atoms with Gasteiger partial charge in [-0.1, -0.05) is 0 Å². The summed E-state index contributed by atoms with van der Waals surface area (Å²) in [7, 11) is -2.71. The molecule has 0 aromatic carbocycles. The number of rotatable bonds is 3. The van der Waals surface area contributed by atoms with Gasteiger partial charge in [0.2, 0.25) is 0 Å². The monoisotopic (exact) mass is 232 g/mol. The molecule has 2 aliphatic heterocycles. The van der Waals surface area contributed by atoms with Crippen molar-refractivity contribution in [3.05, 3.63) is 0 Å². The van der Waals surface area contributed by atoms with E-state index in [2.05, 4.69) is 10.2 Å². The van der Waals surface area contributed by atoms with E-state index in [0.717, 1.165) is 38.6 Å². The van der Waals surface area contributed by atoms with Crippen molar-refractivity contribution in [3.63, 3.8) is 0 Å². The first-order valence-electron chi connectivity index (χ1n) is 5.79. The van der Waals surface area contributed by atoms with Gasteiger partial charge in [-0.15, -0.1) is 0 Å². The smallest absolute Gasteiger partial charge is 0.152 e. The Morgan fingerprint density at radius 1 is 1.27 bits per heavy atom. The van der Waals surface area contributed by atoms with E-state index in [1.807, 2.05) is 0 Å². The van der Waals surface area contributed by atoms with Gasteiger partial charge in [-0.05, 0) is 38.4 Å². The molecule has 2 rings (SSSR count). The highest BCUT2D eigenvalue weighted by Gasteiger charge is 2.22. The SMILES string of the molecule is O=S1(=O)CCN(CCC2CCNC2)CC1. The Morgan fingerprint density at radius 2 is 2.00 bits per heavy atom. The molecule has 0 aliphatic carbocycles. The molecule has 4 nitrogen and oxygen atoms in total. The summed E-state index contributed by atoms with van der Waals surface area (Å²) in [5, 5.41) is 3.36. The normalized spacial score (nSPS) is 31.9. The van der Waals surface area contributed by atoms with Gasteiger partial charge in [0.25, 0.3) is 0 Å². The average Bonchev–Trinajstić information content (AvgIpc) is 2.69. The first kappa shape index (κ1) is 11.4. The van der Waals surface area contributed by atoms with Crippen molar-refractivity contribution >= 4 is 9.84 Å². The Balaban J connectivity index is 1.68. The molecule has 2 fully saturated rings. The maximum Gasteiger partial charge on any atom is 0.152 e. The Hall–Kier alpha value is -0.130. The molecule has 1 unspecified atom stereocenters. The molecule has 5 heteroatoms. The summed E-state index contributed by atoms with van der Waals surface area (Å²) in [6, 6.07) is 0. The van der Waals surface area contributed by atoms with Crippen molar-refractivity contribution in [3.8, 4) is 0 Å². The van der Waals surface area contributed by atoms with E-state index in [4.69, 9.17) is 0 Å². The lowest BCUT2D eigenvalue weighted by molar-refractivity contribution is 0.273. The van der Waals surface area contributed by atoms with Crippen LogP contribution < -0.4 is 5.32 Å². The molecule has 1 N–H and O–H groups in total. The third-order valence-electron chi connectivity index (χ3n) is 3.45. The first-order chi connectivity index (χ1) is 7.16. The highest BCUT2D eigenvalue weighted by atomic mass is 32.2. The number of sulfone groups is 1. The van der Waals surface area contributed by atoms with Crippen LogP contribution in [0.2, 0.25) is 0 Å². The number of hydrogen-bond donors (Lipinski definition) is 1. The van der Waals surface area contributed by atoms with Gasteiger partial charge in [-0.25, -0.2) is 8.42 Å². The minimum atomic E-state index is -2.71. The van der Waals surface area contributed by atoms with Crippen molar-refractivity contribution in [1.29, 1.82) is 0 Å². The van der Waals surface area contributed by atoms with Gasteiger partial charge in [0.15, 0.2) is 9.84 Å². The minimum absolute atomic E-state index is 0.357. The highest BCUT2D eigenvalue weighted by Crippen LogP contribution is 2.13. The van der Waals surface area contributed by atoms with Crippen molar-refractivity contribution in [2.24, 2.45) is 5.92 Å². The second kappa shape index (κ2) is 4.80. The molecule has 0 aromatic heterocycles. The van der Waals surface area contributed by atoms with Gasteiger partial charge in [-0.3, -0.25) is 0 Å². The van der Waals surface area contributed by atoms with Crippen LogP contribution in [-0.4, -0.2) is 57.5 Å². The summed E-state index contributed by atoms with van der Waals surface area (Å²) in [6.07, 6.45) is 2.50. The molecule has 2 aliphatic rings. The van der Waals surface area contributed by atoms with Gasteiger partial charge in [0.1, 0.15) is 0 Å². The molecule has 0 spiro atoms. The van der Waals surface area contributed by atoms with Gasteiger partial charge < -0.3 is 10.2 Å². The third-order valence-corrected chi connectivity index (χ3v) is 5.06. The quantitative estimate of drug-likeness (QED) is 0.727. The first-order valence-corrected chi connectivity index (χ1v) is 7.61. The van der Waals surface area contributed by atoms with E-state index in [9.17, 15) is 8.42 Å². The van der Waals surface area contributed by atoms with Crippen LogP contribution in [0, 0.1) is 5.92 Å². The summed E-state index contributed by atoms with van der Waals surface area (Å²) >= 11 is 0.